The fraction of sp³-hybridized carbons (Fsp3) is 0.125. The fourth-order valence-electron chi connectivity index (χ4n) is 0.886. The predicted octanol–water partition coefficient (Wildman–Crippen LogP) is 3.19. The lowest BCUT2D eigenvalue weighted by atomic mass is 10.1. The van der Waals surface area contributed by atoms with Gasteiger partial charge >= 0.3 is 6.18 Å². The van der Waals surface area contributed by atoms with E-state index >= 15 is 0 Å². The minimum Gasteiger partial charge on any atom is -0.410 e. The van der Waals surface area contributed by atoms with Gasteiger partial charge in [-0.25, -0.2) is 0 Å². The molecule has 0 bridgehead atoms. The first-order valence-corrected chi connectivity index (χ1v) is 4.29. The SMILES string of the molecule is O/N=C(\c1ccc(Br)cc1)C(F)(F)F. The molecule has 2 nitrogen and oxygen atoms in total. The van der Waals surface area contributed by atoms with E-state index in [4.69, 9.17) is 5.21 Å². The molecular formula is C8H5BrF3NO. The first-order valence-electron chi connectivity index (χ1n) is 3.50. The second kappa shape index (κ2) is 4.00. The van der Waals surface area contributed by atoms with Crippen molar-refractivity contribution in [1.29, 1.82) is 0 Å². The Morgan fingerprint density at radius 3 is 2.07 bits per heavy atom. The highest BCUT2D eigenvalue weighted by Crippen LogP contribution is 2.23. The number of halogens is 4. The molecule has 0 fully saturated rings. The topological polar surface area (TPSA) is 32.6 Å². The van der Waals surface area contributed by atoms with Crippen LogP contribution in [0.15, 0.2) is 33.9 Å². The lowest BCUT2D eigenvalue weighted by molar-refractivity contribution is -0.0601. The third-order valence-electron chi connectivity index (χ3n) is 1.49. The van der Waals surface area contributed by atoms with Crippen molar-refractivity contribution in [1.82, 2.24) is 0 Å². The molecule has 1 rings (SSSR count). The molecule has 0 heterocycles. The zero-order valence-corrected chi connectivity index (χ0v) is 8.30. The van der Waals surface area contributed by atoms with Crippen LogP contribution in [0, 0.1) is 0 Å². The lowest BCUT2D eigenvalue weighted by Crippen LogP contribution is -2.23. The van der Waals surface area contributed by atoms with E-state index < -0.39 is 11.9 Å². The molecule has 0 atom stereocenters. The lowest BCUT2D eigenvalue weighted by Gasteiger charge is -2.08. The Bertz CT molecular complexity index is 345. The van der Waals surface area contributed by atoms with Gasteiger partial charge in [-0.2, -0.15) is 13.2 Å². The van der Waals surface area contributed by atoms with E-state index in [-0.39, 0.29) is 5.56 Å². The number of oxime groups is 1. The van der Waals surface area contributed by atoms with Gasteiger partial charge in [0.25, 0.3) is 0 Å². The second-order valence-corrected chi connectivity index (χ2v) is 3.37. The van der Waals surface area contributed by atoms with E-state index in [0.29, 0.717) is 4.47 Å². The Balaban J connectivity index is 3.10. The molecule has 0 amide bonds. The van der Waals surface area contributed by atoms with Crippen molar-refractivity contribution in [2.24, 2.45) is 5.16 Å². The molecule has 0 aliphatic rings. The summed E-state index contributed by atoms with van der Waals surface area (Å²) in [5.74, 6) is 0. The van der Waals surface area contributed by atoms with Gasteiger partial charge in [0.15, 0.2) is 5.71 Å². The van der Waals surface area contributed by atoms with Crippen molar-refractivity contribution < 1.29 is 18.4 Å². The summed E-state index contributed by atoms with van der Waals surface area (Å²) in [6.45, 7) is 0. The molecule has 0 saturated heterocycles. The fourth-order valence-corrected chi connectivity index (χ4v) is 1.15. The first kappa shape index (κ1) is 11.0. The standard InChI is InChI=1S/C8H5BrF3NO/c9-6-3-1-5(2-4-6)7(13-14)8(10,11)12/h1-4,14H/b13-7+. The van der Waals surface area contributed by atoms with Gasteiger partial charge in [0.1, 0.15) is 0 Å². The van der Waals surface area contributed by atoms with E-state index in [9.17, 15) is 13.2 Å². The summed E-state index contributed by atoms with van der Waals surface area (Å²) in [5, 5.41) is 10.5. The summed E-state index contributed by atoms with van der Waals surface area (Å²) in [6.07, 6.45) is -4.65. The van der Waals surface area contributed by atoms with Gasteiger partial charge in [0.2, 0.25) is 0 Å². The highest BCUT2D eigenvalue weighted by molar-refractivity contribution is 9.10. The van der Waals surface area contributed by atoms with E-state index in [0.717, 1.165) is 0 Å². The molecule has 76 valence electrons. The van der Waals surface area contributed by atoms with E-state index in [1.807, 2.05) is 0 Å². The Kier molecular flexibility index (Phi) is 3.15. The Labute approximate surface area is 86.2 Å². The van der Waals surface area contributed by atoms with Crippen LogP contribution in [0.2, 0.25) is 0 Å². The molecule has 1 N–H and O–H groups in total. The van der Waals surface area contributed by atoms with Crippen LogP contribution in [0.5, 0.6) is 0 Å². The Morgan fingerprint density at radius 2 is 1.71 bits per heavy atom. The summed E-state index contributed by atoms with van der Waals surface area (Å²) in [6, 6.07) is 5.30. The van der Waals surface area contributed by atoms with Crippen LogP contribution in [-0.4, -0.2) is 17.1 Å². The maximum absolute atomic E-state index is 12.2. The maximum atomic E-state index is 12.2. The molecule has 0 aliphatic carbocycles. The molecular weight excluding hydrogens is 263 g/mol. The minimum atomic E-state index is -4.65. The molecule has 6 heteroatoms. The number of hydrogen-bond acceptors (Lipinski definition) is 2. The molecule has 0 aromatic heterocycles. The minimum absolute atomic E-state index is 0.178. The van der Waals surface area contributed by atoms with E-state index in [1.54, 1.807) is 0 Å². The zero-order chi connectivity index (χ0) is 10.8. The second-order valence-electron chi connectivity index (χ2n) is 2.45. The average Bonchev–Trinajstić information content (AvgIpc) is 2.07. The van der Waals surface area contributed by atoms with Crippen molar-refractivity contribution in [3.63, 3.8) is 0 Å². The van der Waals surface area contributed by atoms with Crippen LogP contribution in [0.3, 0.4) is 0 Å². The summed E-state index contributed by atoms with van der Waals surface area (Å²) in [5.41, 5.74) is -1.48. The zero-order valence-electron chi connectivity index (χ0n) is 6.72. The normalized spacial score (nSPS) is 13.0. The molecule has 0 spiro atoms. The summed E-state index contributed by atoms with van der Waals surface area (Å²) in [7, 11) is 0. The van der Waals surface area contributed by atoms with Gasteiger partial charge in [0.05, 0.1) is 0 Å². The van der Waals surface area contributed by atoms with Crippen molar-refractivity contribution in [2.75, 3.05) is 0 Å². The van der Waals surface area contributed by atoms with Crippen LogP contribution in [-0.2, 0) is 0 Å². The monoisotopic (exact) mass is 267 g/mol. The molecule has 0 radical (unpaired) electrons. The number of benzene rings is 1. The predicted molar refractivity (Wildman–Crippen MR) is 48.5 cm³/mol. The van der Waals surface area contributed by atoms with Crippen molar-refractivity contribution in [3.8, 4) is 0 Å². The number of rotatable bonds is 1. The third kappa shape index (κ3) is 2.47. The van der Waals surface area contributed by atoms with Gasteiger partial charge in [-0.1, -0.05) is 33.2 Å². The van der Waals surface area contributed by atoms with Crippen LogP contribution >= 0.6 is 15.9 Å². The van der Waals surface area contributed by atoms with Crippen LogP contribution in [0.4, 0.5) is 13.2 Å². The van der Waals surface area contributed by atoms with Crippen molar-refractivity contribution in [2.45, 2.75) is 6.18 Å². The van der Waals surface area contributed by atoms with Gasteiger partial charge in [-0.3, -0.25) is 0 Å². The summed E-state index contributed by atoms with van der Waals surface area (Å²) >= 11 is 3.08. The Morgan fingerprint density at radius 1 is 1.21 bits per heavy atom. The van der Waals surface area contributed by atoms with Crippen LogP contribution in [0.25, 0.3) is 0 Å². The molecule has 1 aromatic carbocycles. The quantitative estimate of drug-likeness (QED) is 0.473. The van der Waals surface area contributed by atoms with Gasteiger partial charge < -0.3 is 5.21 Å². The number of nitrogens with zero attached hydrogens (tertiary/aromatic N) is 1. The van der Waals surface area contributed by atoms with Gasteiger partial charge in [0, 0.05) is 10.0 Å². The highest BCUT2D eigenvalue weighted by Gasteiger charge is 2.37. The first-order chi connectivity index (χ1) is 6.45. The largest absolute Gasteiger partial charge is 0.437 e. The third-order valence-corrected chi connectivity index (χ3v) is 2.01. The number of hydrogen-bond donors (Lipinski definition) is 1. The molecule has 0 unspecified atom stereocenters. The van der Waals surface area contributed by atoms with Gasteiger partial charge in [-0.05, 0) is 12.1 Å². The molecule has 14 heavy (non-hydrogen) atoms. The van der Waals surface area contributed by atoms with Gasteiger partial charge in [-0.15, -0.1) is 0 Å². The molecule has 1 aromatic rings. The maximum Gasteiger partial charge on any atom is 0.437 e. The van der Waals surface area contributed by atoms with Crippen molar-refractivity contribution >= 4 is 21.6 Å². The van der Waals surface area contributed by atoms with Crippen LogP contribution in [0.1, 0.15) is 5.56 Å². The van der Waals surface area contributed by atoms with E-state index in [2.05, 4.69) is 21.1 Å². The number of alkyl halides is 3. The van der Waals surface area contributed by atoms with Crippen LogP contribution < -0.4 is 0 Å². The average molecular weight is 268 g/mol. The highest BCUT2D eigenvalue weighted by atomic mass is 79.9. The molecule has 0 saturated carbocycles. The summed E-state index contributed by atoms with van der Waals surface area (Å²) < 4.78 is 37.3. The smallest absolute Gasteiger partial charge is 0.410 e. The van der Waals surface area contributed by atoms with E-state index in [1.165, 1.54) is 24.3 Å². The summed E-state index contributed by atoms with van der Waals surface area (Å²) in [4.78, 5) is 0. The van der Waals surface area contributed by atoms with Crippen molar-refractivity contribution in [3.05, 3.63) is 34.3 Å². The molecule has 0 aliphatic heterocycles. The Hall–Kier alpha value is -1.04.